The van der Waals surface area contributed by atoms with Gasteiger partial charge >= 0.3 is 5.69 Å². The predicted octanol–water partition coefficient (Wildman–Crippen LogP) is -0.268. The maximum Gasteiger partial charge on any atom is 0.343 e. The molecule has 2 rings (SSSR count). The molecule has 2 unspecified atom stereocenters. The van der Waals surface area contributed by atoms with Gasteiger partial charge in [-0.15, -0.1) is 0 Å². The van der Waals surface area contributed by atoms with Gasteiger partial charge in [0, 0.05) is 6.54 Å². The van der Waals surface area contributed by atoms with E-state index in [9.17, 15) is 9.90 Å². The third-order valence-electron chi connectivity index (χ3n) is 2.59. The molecule has 2 N–H and O–H groups in total. The van der Waals surface area contributed by atoms with Gasteiger partial charge in [-0.2, -0.15) is 5.10 Å². The molecular weight excluding hydrogens is 170 g/mol. The largest absolute Gasteiger partial charge is 0.393 e. The number of hydrogen-bond donors (Lipinski definition) is 2. The molecule has 0 aliphatic heterocycles. The highest BCUT2D eigenvalue weighted by Crippen LogP contribution is 2.26. The highest BCUT2D eigenvalue weighted by atomic mass is 16.3. The van der Waals surface area contributed by atoms with Crippen molar-refractivity contribution in [2.45, 2.75) is 31.9 Å². The molecule has 1 saturated carbocycles. The summed E-state index contributed by atoms with van der Waals surface area (Å²) in [4.78, 5) is 11.1. The van der Waals surface area contributed by atoms with Crippen LogP contribution in [0.2, 0.25) is 0 Å². The van der Waals surface area contributed by atoms with E-state index in [1.54, 1.807) is 4.57 Å². The molecule has 0 radical (unpaired) electrons. The second-order valence-electron chi connectivity index (χ2n) is 3.65. The lowest BCUT2D eigenvalue weighted by Gasteiger charge is -2.07. The van der Waals surface area contributed by atoms with Crippen molar-refractivity contribution in [2.75, 3.05) is 0 Å². The average Bonchev–Trinajstić information content (AvgIpc) is 2.64. The maximum absolute atomic E-state index is 11.1. The van der Waals surface area contributed by atoms with Crippen molar-refractivity contribution >= 4 is 0 Å². The Morgan fingerprint density at radius 3 is 3.08 bits per heavy atom. The van der Waals surface area contributed by atoms with Gasteiger partial charge in [-0.25, -0.2) is 9.89 Å². The van der Waals surface area contributed by atoms with Crippen LogP contribution in [0.1, 0.15) is 19.3 Å². The van der Waals surface area contributed by atoms with Gasteiger partial charge in [0.2, 0.25) is 0 Å². The molecule has 5 heteroatoms. The van der Waals surface area contributed by atoms with Crippen LogP contribution in [-0.4, -0.2) is 26.0 Å². The molecule has 13 heavy (non-hydrogen) atoms. The third-order valence-corrected chi connectivity index (χ3v) is 2.59. The molecule has 0 aromatic carbocycles. The van der Waals surface area contributed by atoms with Crippen molar-refractivity contribution < 1.29 is 5.11 Å². The van der Waals surface area contributed by atoms with Gasteiger partial charge in [0.1, 0.15) is 6.33 Å². The van der Waals surface area contributed by atoms with Crippen molar-refractivity contribution in [3.05, 3.63) is 16.8 Å². The van der Waals surface area contributed by atoms with Gasteiger partial charge in [-0.05, 0) is 25.2 Å². The molecule has 0 bridgehead atoms. The number of nitrogens with zero attached hydrogens (tertiary/aromatic N) is 2. The van der Waals surface area contributed by atoms with Gasteiger partial charge in [0.25, 0.3) is 0 Å². The minimum atomic E-state index is -0.174. The Bertz CT molecular complexity index is 330. The van der Waals surface area contributed by atoms with E-state index in [2.05, 4.69) is 10.2 Å². The first-order chi connectivity index (χ1) is 6.25. The van der Waals surface area contributed by atoms with E-state index < -0.39 is 0 Å². The lowest BCUT2D eigenvalue weighted by molar-refractivity contribution is 0.176. The van der Waals surface area contributed by atoms with Gasteiger partial charge in [0.05, 0.1) is 6.10 Å². The molecule has 0 spiro atoms. The first-order valence-corrected chi connectivity index (χ1v) is 4.53. The fourth-order valence-electron chi connectivity index (χ4n) is 1.89. The second kappa shape index (κ2) is 3.33. The van der Waals surface area contributed by atoms with Crippen LogP contribution in [-0.2, 0) is 6.54 Å². The summed E-state index contributed by atoms with van der Waals surface area (Å²) < 4.78 is 1.56. The van der Waals surface area contributed by atoms with E-state index in [0.717, 1.165) is 19.3 Å². The number of nitrogens with one attached hydrogen (secondary N) is 1. The topological polar surface area (TPSA) is 70.9 Å². The maximum atomic E-state index is 11.1. The minimum absolute atomic E-state index is 0.165. The van der Waals surface area contributed by atoms with Gasteiger partial charge in [0.15, 0.2) is 0 Å². The number of aliphatic hydroxyl groups is 1. The van der Waals surface area contributed by atoms with Crippen LogP contribution in [0.15, 0.2) is 11.1 Å². The van der Waals surface area contributed by atoms with Gasteiger partial charge < -0.3 is 5.11 Å². The monoisotopic (exact) mass is 183 g/mol. The van der Waals surface area contributed by atoms with E-state index in [4.69, 9.17) is 0 Å². The Kier molecular flexibility index (Phi) is 2.18. The molecule has 1 fully saturated rings. The smallest absolute Gasteiger partial charge is 0.343 e. The average molecular weight is 183 g/mol. The Morgan fingerprint density at radius 2 is 2.54 bits per heavy atom. The zero-order valence-electron chi connectivity index (χ0n) is 7.31. The van der Waals surface area contributed by atoms with E-state index in [1.807, 2.05) is 0 Å². The van der Waals surface area contributed by atoms with Crippen LogP contribution >= 0.6 is 0 Å². The molecule has 0 saturated heterocycles. The van der Waals surface area contributed by atoms with Crippen LogP contribution in [0.25, 0.3) is 0 Å². The molecule has 0 amide bonds. The van der Waals surface area contributed by atoms with Crippen molar-refractivity contribution in [3.63, 3.8) is 0 Å². The van der Waals surface area contributed by atoms with Crippen LogP contribution in [0.4, 0.5) is 0 Å². The second-order valence-corrected chi connectivity index (χ2v) is 3.65. The van der Waals surface area contributed by atoms with Crippen molar-refractivity contribution in [2.24, 2.45) is 5.92 Å². The molecule has 1 aromatic heterocycles. The summed E-state index contributed by atoms with van der Waals surface area (Å²) >= 11 is 0. The molecule has 1 aromatic rings. The van der Waals surface area contributed by atoms with Crippen molar-refractivity contribution in [1.29, 1.82) is 0 Å². The summed E-state index contributed by atoms with van der Waals surface area (Å²) in [6.45, 7) is 0.673. The molecular formula is C8H13N3O2. The van der Waals surface area contributed by atoms with E-state index in [1.165, 1.54) is 6.33 Å². The number of aromatic nitrogens is 3. The summed E-state index contributed by atoms with van der Waals surface area (Å²) in [5.41, 5.74) is -0.165. The SMILES string of the molecule is O=c1[nH]ncn1CC1CCC(O)C1. The highest BCUT2D eigenvalue weighted by Gasteiger charge is 2.23. The Morgan fingerprint density at radius 1 is 1.69 bits per heavy atom. The van der Waals surface area contributed by atoms with Gasteiger partial charge in [-0.1, -0.05) is 0 Å². The van der Waals surface area contributed by atoms with Gasteiger partial charge in [-0.3, -0.25) is 4.57 Å². The summed E-state index contributed by atoms with van der Waals surface area (Å²) in [7, 11) is 0. The van der Waals surface area contributed by atoms with E-state index in [0.29, 0.717) is 12.5 Å². The zero-order valence-corrected chi connectivity index (χ0v) is 7.31. The quantitative estimate of drug-likeness (QED) is 0.663. The van der Waals surface area contributed by atoms with Crippen LogP contribution < -0.4 is 5.69 Å². The molecule has 5 nitrogen and oxygen atoms in total. The third kappa shape index (κ3) is 1.80. The number of H-pyrrole nitrogens is 1. The van der Waals surface area contributed by atoms with E-state index in [-0.39, 0.29) is 11.8 Å². The zero-order chi connectivity index (χ0) is 9.26. The predicted molar refractivity (Wildman–Crippen MR) is 46.2 cm³/mol. The fraction of sp³-hybridized carbons (Fsp3) is 0.750. The van der Waals surface area contributed by atoms with Crippen LogP contribution in [0.3, 0.4) is 0 Å². The molecule has 2 atom stereocenters. The standard InChI is InChI=1S/C8H13N3O2/c12-7-2-1-6(3-7)4-11-5-9-10-8(11)13/h5-7,12H,1-4H2,(H,10,13). The summed E-state index contributed by atoms with van der Waals surface area (Å²) in [6, 6.07) is 0. The molecule has 1 heterocycles. The minimum Gasteiger partial charge on any atom is -0.393 e. The van der Waals surface area contributed by atoms with E-state index >= 15 is 0 Å². The Labute approximate surface area is 75.4 Å². The number of hydrogen-bond acceptors (Lipinski definition) is 3. The lowest BCUT2D eigenvalue weighted by Crippen LogP contribution is -2.20. The Balaban J connectivity index is 1.99. The summed E-state index contributed by atoms with van der Waals surface area (Å²) in [5, 5.41) is 15.3. The number of aliphatic hydroxyl groups excluding tert-OH is 1. The molecule has 72 valence electrons. The molecule has 1 aliphatic rings. The summed E-state index contributed by atoms with van der Waals surface area (Å²) in [5.74, 6) is 0.422. The van der Waals surface area contributed by atoms with Crippen LogP contribution in [0, 0.1) is 5.92 Å². The Hall–Kier alpha value is -1.10. The fourth-order valence-corrected chi connectivity index (χ4v) is 1.89. The van der Waals surface area contributed by atoms with Crippen molar-refractivity contribution in [1.82, 2.24) is 14.8 Å². The number of aromatic amines is 1. The van der Waals surface area contributed by atoms with Crippen molar-refractivity contribution in [3.8, 4) is 0 Å². The van der Waals surface area contributed by atoms with Crippen LogP contribution in [0.5, 0.6) is 0 Å². The lowest BCUT2D eigenvalue weighted by atomic mass is 10.1. The highest BCUT2D eigenvalue weighted by molar-refractivity contribution is 4.76. The normalized spacial score (nSPS) is 28.1. The molecule has 1 aliphatic carbocycles. The summed E-state index contributed by atoms with van der Waals surface area (Å²) in [6.07, 6.45) is 3.99. The number of rotatable bonds is 2. The first kappa shape index (κ1) is 8.50. The first-order valence-electron chi connectivity index (χ1n) is 4.53.